The summed E-state index contributed by atoms with van der Waals surface area (Å²) >= 11 is 0. The van der Waals surface area contributed by atoms with Crippen LogP contribution < -0.4 is 43.8 Å². The number of aliphatic carboxylic acids is 1. The van der Waals surface area contributed by atoms with Gasteiger partial charge >= 0.3 is 5.97 Å². The van der Waals surface area contributed by atoms with E-state index in [-0.39, 0.29) is 61.5 Å². The number of unbranched alkanes of at least 4 members (excludes halogenated alkanes) is 1. The Morgan fingerprint density at radius 1 is 0.710 bits per heavy atom. The number of aromatic hydroxyl groups is 2. The summed E-state index contributed by atoms with van der Waals surface area (Å²) in [5.41, 5.74) is 17.8. The van der Waals surface area contributed by atoms with Crippen molar-refractivity contribution in [1.82, 2.24) is 21.3 Å². The minimum Gasteiger partial charge on any atom is -0.508 e. The highest BCUT2D eigenvalue weighted by Gasteiger charge is 2.30. The molecule has 0 saturated heterocycles. The lowest BCUT2D eigenvalue weighted by Gasteiger charge is -2.26. The van der Waals surface area contributed by atoms with Crippen LogP contribution in [0.2, 0.25) is 0 Å². The van der Waals surface area contributed by atoms with Crippen molar-refractivity contribution in [2.24, 2.45) is 39.9 Å². The predicted octanol–water partition coefficient (Wildman–Crippen LogP) is 1.24. The van der Waals surface area contributed by atoms with Gasteiger partial charge in [-0.25, -0.2) is 0 Å². The van der Waals surface area contributed by atoms with Gasteiger partial charge in [0.15, 0.2) is 5.96 Å². The van der Waals surface area contributed by atoms with Gasteiger partial charge in [0.1, 0.15) is 29.6 Å². The van der Waals surface area contributed by atoms with Gasteiger partial charge in [-0.1, -0.05) is 68.8 Å². The number of carboxylic acids is 1. The van der Waals surface area contributed by atoms with Crippen molar-refractivity contribution in [2.75, 3.05) is 13.1 Å². The number of phenols is 2. The van der Waals surface area contributed by atoms with Crippen LogP contribution in [0.4, 0.5) is 0 Å². The first-order valence-corrected chi connectivity index (χ1v) is 21.2. The number of nitrogens with two attached hydrogens (primary N) is 4. The Kier molecular flexibility index (Phi) is 23.4. The fourth-order valence-electron chi connectivity index (χ4n) is 6.31. The molecule has 8 atom stereocenters. The zero-order chi connectivity index (χ0) is 46.2. The van der Waals surface area contributed by atoms with Crippen LogP contribution >= 0.6 is 0 Å². The van der Waals surface area contributed by atoms with Crippen LogP contribution in [-0.2, 0) is 36.8 Å². The molecule has 0 aromatic heterocycles. The Morgan fingerprint density at radius 3 is 1.82 bits per heavy atom. The number of amides is 4. The normalized spacial score (nSPS) is 15.3. The minimum absolute atomic E-state index is 0.00846. The molecule has 15 N–H and O–H groups in total. The second kappa shape index (κ2) is 27.8. The molecule has 2 rings (SSSR count). The smallest absolute Gasteiger partial charge is 0.310 e. The van der Waals surface area contributed by atoms with Crippen LogP contribution in [0, 0.1) is 24.8 Å². The maximum atomic E-state index is 14.4. The molecule has 2 aromatic rings. The lowest BCUT2D eigenvalue weighted by atomic mass is 9.93. The number of nitrogens with one attached hydrogen (secondary N) is 4. The number of quaternary nitrogens is 1. The van der Waals surface area contributed by atoms with E-state index in [4.69, 9.17) is 17.2 Å². The third-order valence-corrected chi connectivity index (χ3v) is 10.5. The summed E-state index contributed by atoms with van der Waals surface area (Å²) in [4.78, 5) is 71.1. The highest BCUT2D eigenvalue weighted by Crippen LogP contribution is 2.19. The number of carbonyl (C=O) groups is 5. The molecule has 0 heterocycles. The lowest BCUT2D eigenvalue weighted by molar-refractivity contribution is -0.616. The van der Waals surface area contributed by atoms with E-state index in [1.807, 2.05) is 13.8 Å². The zero-order valence-electron chi connectivity index (χ0n) is 36.5. The first-order chi connectivity index (χ1) is 29.5. The molecule has 0 spiro atoms. The van der Waals surface area contributed by atoms with Crippen molar-refractivity contribution in [1.29, 1.82) is 0 Å². The zero-order valence-corrected chi connectivity index (χ0v) is 36.5. The topological polar surface area (TPSA) is 301 Å². The van der Waals surface area contributed by atoms with Crippen LogP contribution in [0.3, 0.4) is 0 Å². The highest BCUT2D eigenvalue weighted by molar-refractivity contribution is 5.93. The van der Waals surface area contributed by atoms with Gasteiger partial charge in [-0.15, -0.1) is 0 Å². The van der Waals surface area contributed by atoms with Gasteiger partial charge in [0.25, 0.3) is 5.91 Å². The first-order valence-electron chi connectivity index (χ1n) is 21.2. The van der Waals surface area contributed by atoms with E-state index in [0.29, 0.717) is 31.4 Å². The molecule has 0 saturated carbocycles. The van der Waals surface area contributed by atoms with E-state index >= 15 is 0 Å². The average Bonchev–Trinajstić information content (AvgIpc) is 3.23. The number of guanidine groups is 1. The summed E-state index contributed by atoms with van der Waals surface area (Å²) in [6.45, 7) is 8.05. The van der Waals surface area contributed by atoms with Crippen molar-refractivity contribution in [3.05, 3.63) is 91.0 Å². The highest BCUT2D eigenvalue weighted by atomic mass is 16.4. The molecule has 0 aliphatic rings. The Bertz CT molecular complexity index is 1800. The van der Waals surface area contributed by atoms with Crippen molar-refractivity contribution >= 4 is 35.6 Å². The van der Waals surface area contributed by atoms with Gasteiger partial charge < -0.3 is 59.1 Å². The number of hydrogen-bond donors (Lipinski definition) is 11. The van der Waals surface area contributed by atoms with Gasteiger partial charge in [-0.3, -0.25) is 29.0 Å². The van der Waals surface area contributed by atoms with Crippen LogP contribution in [0.5, 0.6) is 11.5 Å². The molecule has 0 aliphatic heterocycles. The van der Waals surface area contributed by atoms with E-state index in [2.05, 4.69) is 33.3 Å². The molecule has 0 aliphatic carbocycles. The third-order valence-electron chi connectivity index (χ3n) is 10.5. The fourth-order valence-corrected chi connectivity index (χ4v) is 6.31. The fraction of sp³-hybridized carbons (Fsp3) is 0.489. The number of hydrogen-bond acceptors (Lipinski definition) is 9. The van der Waals surface area contributed by atoms with E-state index in [9.17, 15) is 39.3 Å². The maximum absolute atomic E-state index is 14.4. The number of carbonyl (C=O) groups excluding carboxylic acids is 4. The third kappa shape index (κ3) is 19.6. The summed E-state index contributed by atoms with van der Waals surface area (Å²) in [5, 5.41) is 42.8. The van der Waals surface area contributed by atoms with Gasteiger partial charge in [-0.05, 0) is 100 Å². The van der Waals surface area contributed by atoms with E-state index in [0.717, 1.165) is 12.0 Å². The molecule has 0 fully saturated rings. The quantitative estimate of drug-likeness (QED) is 0.0190. The van der Waals surface area contributed by atoms with E-state index < -0.39 is 65.7 Å². The summed E-state index contributed by atoms with van der Waals surface area (Å²) in [5.74, 6) is -4.59. The van der Waals surface area contributed by atoms with Crippen molar-refractivity contribution in [3.63, 3.8) is 0 Å². The first kappa shape index (κ1) is 52.2. The molecule has 0 radical (unpaired) electrons. The monoisotopic (exact) mass is 864 g/mol. The van der Waals surface area contributed by atoms with Crippen molar-refractivity contribution < 1.29 is 44.6 Å². The Morgan fingerprint density at radius 2 is 1.27 bits per heavy atom. The van der Waals surface area contributed by atoms with Gasteiger partial charge in [0.05, 0.1) is 11.8 Å². The summed E-state index contributed by atoms with van der Waals surface area (Å²) in [7, 11) is 3.72. The van der Waals surface area contributed by atoms with Crippen LogP contribution in [0.25, 0.3) is 0 Å². The van der Waals surface area contributed by atoms with Crippen LogP contribution in [-0.4, -0.2) is 94.2 Å². The number of rotatable bonds is 28. The molecular weight excluding hydrogens is 795 g/mol. The minimum atomic E-state index is -1.18. The average molecular weight is 864 g/mol. The van der Waals surface area contributed by atoms with Gasteiger partial charge in [0.2, 0.25) is 17.7 Å². The van der Waals surface area contributed by atoms with Crippen LogP contribution in [0.15, 0.2) is 77.8 Å². The molecule has 17 heteroatoms. The van der Waals surface area contributed by atoms with Crippen molar-refractivity contribution in [3.8, 4) is 11.5 Å². The molecule has 4 amide bonds. The molecule has 2 aromatic carbocycles. The summed E-state index contributed by atoms with van der Waals surface area (Å²) < 4.78 is 0. The van der Waals surface area contributed by atoms with Gasteiger partial charge in [-0.2, -0.15) is 7.05 Å². The summed E-state index contributed by atoms with van der Waals surface area (Å²) in [6.07, 6.45) is 9.52. The number of aliphatic imine (C=N–C) groups is 1. The number of carboxylic acid groups (broad SMARTS) is 1. The molecule has 8 unspecified atom stereocenters. The van der Waals surface area contributed by atoms with E-state index in [1.54, 1.807) is 61.7 Å². The van der Waals surface area contributed by atoms with Crippen molar-refractivity contribution in [2.45, 2.75) is 109 Å². The maximum Gasteiger partial charge on any atom is 0.310 e. The molecule has 0 bridgehead atoms. The molecule has 62 heavy (non-hydrogen) atoms. The lowest BCUT2D eigenvalue weighted by Crippen LogP contribution is -2.86. The second-order valence-electron chi connectivity index (χ2n) is 15.7. The van der Waals surface area contributed by atoms with E-state index in [1.165, 1.54) is 30.3 Å². The number of phenolic OH excluding ortho intramolecular Hbond substituents is 2. The Hall–Kier alpha value is -5.94. The summed E-state index contributed by atoms with van der Waals surface area (Å²) in [6, 6.07) is 8.93. The SMILES string of the molecule is [CH2-][NH2+]C(C)C(=O)NC(/C=C/C(Cc1ccc(O)cc1)C(=O)NC(Cc1ccc(O)cc1)C(=O)NC(CCCCN)C(=O)NC(C)/C=C/C(CCCN=C(N)N)C(=O)O)C(C)CC. The second-order valence-corrected chi connectivity index (χ2v) is 15.7. The Labute approximate surface area is 365 Å². The standard InChI is InChI=1S/C45H69N9O8/c1-6-28(2)37(52-40(57)30(4)49-5)23-18-34(26-31-13-19-35(55)20-14-31)41(58)54-39(27-32-15-21-36(56)22-16-32)43(60)53-38(11-7-8-24-46)42(59)51-29(3)12-17-33(44(61)62)10-9-25-50-45(47)48/h12-23,28-30,33-34,37-39,55-56H,5-11,24-27,46,49H2,1-4H3,(H,51,59)(H,52,57)(H,53,60)(H,54,58)(H,61,62)(H4,47,48,50)/b17-12+,23-18+. The Balaban J connectivity index is 2.45. The largest absolute Gasteiger partial charge is 0.508 e. The number of benzene rings is 2. The molecule has 342 valence electrons. The molecule has 17 nitrogen and oxygen atoms in total. The van der Waals surface area contributed by atoms with Gasteiger partial charge in [0, 0.05) is 25.0 Å². The molecular formula is C45H69N9O8. The van der Waals surface area contributed by atoms with Crippen LogP contribution in [0.1, 0.15) is 77.3 Å². The number of nitrogens with zero attached hydrogens (tertiary/aromatic N) is 1. The predicted molar refractivity (Wildman–Crippen MR) is 239 cm³/mol.